The SMILES string of the molecule is O=C(Nc1ccc(Cl)c(Cl)c1)C1CCCCN1C(=O)CCCc1nc(-c2cccs2)no1. The van der Waals surface area contributed by atoms with Crippen LogP contribution < -0.4 is 5.32 Å². The molecule has 168 valence electrons. The summed E-state index contributed by atoms with van der Waals surface area (Å²) in [6, 6.07) is 8.29. The van der Waals surface area contributed by atoms with E-state index in [1.807, 2.05) is 17.5 Å². The fourth-order valence-electron chi connectivity index (χ4n) is 3.70. The molecule has 0 radical (unpaired) electrons. The minimum Gasteiger partial charge on any atom is -0.339 e. The van der Waals surface area contributed by atoms with Crippen LogP contribution in [0.3, 0.4) is 0 Å². The molecule has 2 aromatic heterocycles. The van der Waals surface area contributed by atoms with Crippen molar-refractivity contribution in [2.75, 3.05) is 11.9 Å². The Hall–Kier alpha value is -2.42. The first kappa shape index (κ1) is 22.8. The summed E-state index contributed by atoms with van der Waals surface area (Å²) in [6.45, 7) is 0.571. The van der Waals surface area contributed by atoms with Crippen LogP contribution in [0.2, 0.25) is 10.0 Å². The highest BCUT2D eigenvalue weighted by Gasteiger charge is 2.32. The van der Waals surface area contributed by atoms with E-state index in [9.17, 15) is 9.59 Å². The molecule has 1 fully saturated rings. The predicted octanol–water partition coefficient (Wildman–Crippen LogP) is 5.45. The molecular formula is C22H22Cl2N4O3S. The molecule has 32 heavy (non-hydrogen) atoms. The van der Waals surface area contributed by atoms with Gasteiger partial charge >= 0.3 is 0 Å². The molecule has 2 amide bonds. The van der Waals surface area contributed by atoms with Crippen molar-refractivity contribution in [2.24, 2.45) is 0 Å². The van der Waals surface area contributed by atoms with Crippen molar-refractivity contribution in [1.29, 1.82) is 0 Å². The average Bonchev–Trinajstić information content (AvgIpc) is 3.48. The maximum Gasteiger partial charge on any atom is 0.247 e. The lowest BCUT2D eigenvalue weighted by molar-refractivity contribution is -0.140. The quantitative estimate of drug-likeness (QED) is 0.473. The number of aromatic nitrogens is 2. The van der Waals surface area contributed by atoms with Crippen LogP contribution in [-0.4, -0.2) is 39.4 Å². The minimum atomic E-state index is -0.500. The summed E-state index contributed by atoms with van der Waals surface area (Å²) in [5.74, 6) is 0.816. The fourth-order valence-corrected chi connectivity index (χ4v) is 4.65. The van der Waals surface area contributed by atoms with Crippen molar-refractivity contribution in [3.05, 3.63) is 51.6 Å². The monoisotopic (exact) mass is 492 g/mol. The minimum absolute atomic E-state index is 0.0445. The van der Waals surface area contributed by atoms with Gasteiger partial charge in [-0.05, 0) is 55.3 Å². The Balaban J connectivity index is 1.32. The first-order chi connectivity index (χ1) is 15.5. The second-order valence-electron chi connectivity index (χ2n) is 7.56. The topological polar surface area (TPSA) is 88.3 Å². The molecule has 1 aliphatic heterocycles. The van der Waals surface area contributed by atoms with Crippen LogP contribution in [0.25, 0.3) is 10.7 Å². The number of amides is 2. The molecule has 10 heteroatoms. The molecule has 4 rings (SSSR count). The van der Waals surface area contributed by atoms with Gasteiger partial charge in [0.2, 0.25) is 23.5 Å². The Labute approximate surface area is 199 Å². The number of nitrogens with zero attached hydrogens (tertiary/aromatic N) is 3. The van der Waals surface area contributed by atoms with Crippen LogP contribution >= 0.6 is 34.5 Å². The third-order valence-electron chi connectivity index (χ3n) is 5.30. The number of nitrogens with one attached hydrogen (secondary N) is 1. The van der Waals surface area contributed by atoms with Crippen molar-refractivity contribution in [3.8, 4) is 10.7 Å². The Bertz CT molecular complexity index is 1090. The normalized spacial score (nSPS) is 16.2. The molecule has 0 spiro atoms. The fraction of sp³-hybridized carbons (Fsp3) is 0.364. The number of anilines is 1. The standard InChI is InChI=1S/C22H22Cl2N4O3S/c23-15-10-9-14(13-16(15)24)25-22(30)17-5-1-2-11-28(17)20(29)8-3-7-19-26-21(27-31-19)18-6-4-12-32-18/h4,6,9-10,12-13,17H,1-3,5,7-8,11H2,(H,25,30). The highest BCUT2D eigenvalue weighted by atomic mass is 35.5. The lowest BCUT2D eigenvalue weighted by Crippen LogP contribution is -2.50. The zero-order chi connectivity index (χ0) is 22.5. The Morgan fingerprint density at radius 1 is 1.22 bits per heavy atom. The maximum absolute atomic E-state index is 12.9. The zero-order valence-corrected chi connectivity index (χ0v) is 19.6. The molecule has 1 aromatic carbocycles. The van der Waals surface area contributed by atoms with Crippen LogP contribution in [0.5, 0.6) is 0 Å². The van der Waals surface area contributed by atoms with E-state index in [-0.39, 0.29) is 11.8 Å². The molecule has 1 aliphatic rings. The highest BCUT2D eigenvalue weighted by Crippen LogP contribution is 2.26. The summed E-state index contributed by atoms with van der Waals surface area (Å²) in [5.41, 5.74) is 0.556. The van der Waals surface area contributed by atoms with Gasteiger partial charge in [-0.3, -0.25) is 9.59 Å². The van der Waals surface area contributed by atoms with Gasteiger partial charge in [0.1, 0.15) is 6.04 Å². The Morgan fingerprint density at radius 2 is 2.09 bits per heavy atom. The number of likely N-dealkylation sites (tertiary alicyclic amines) is 1. The molecule has 1 N–H and O–H groups in total. The van der Waals surface area contributed by atoms with Crippen LogP contribution in [-0.2, 0) is 16.0 Å². The number of rotatable bonds is 7. The van der Waals surface area contributed by atoms with Crippen molar-refractivity contribution < 1.29 is 14.1 Å². The van der Waals surface area contributed by atoms with Gasteiger partial charge in [0.15, 0.2) is 0 Å². The molecule has 1 unspecified atom stereocenters. The Kier molecular flexibility index (Phi) is 7.44. The average molecular weight is 493 g/mol. The van der Waals surface area contributed by atoms with E-state index >= 15 is 0 Å². The van der Waals surface area contributed by atoms with E-state index < -0.39 is 6.04 Å². The molecule has 0 aliphatic carbocycles. The maximum atomic E-state index is 12.9. The number of thiophene rings is 1. The summed E-state index contributed by atoms with van der Waals surface area (Å²) in [7, 11) is 0. The summed E-state index contributed by atoms with van der Waals surface area (Å²) < 4.78 is 5.30. The van der Waals surface area contributed by atoms with Crippen LogP contribution in [0, 0.1) is 0 Å². The number of carbonyl (C=O) groups is 2. The molecule has 7 nitrogen and oxygen atoms in total. The second-order valence-corrected chi connectivity index (χ2v) is 9.32. The number of carbonyl (C=O) groups excluding carboxylic acids is 2. The third kappa shape index (κ3) is 5.49. The van der Waals surface area contributed by atoms with Crippen molar-refractivity contribution in [1.82, 2.24) is 15.0 Å². The van der Waals surface area contributed by atoms with E-state index in [4.69, 9.17) is 27.7 Å². The third-order valence-corrected chi connectivity index (χ3v) is 6.91. The summed E-state index contributed by atoms with van der Waals surface area (Å²) in [4.78, 5) is 32.8. The van der Waals surface area contributed by atoms with E-state index in [1.54, 1.807) is 34.4 Å². The number of hydrogen-bond acceptors (Lipinski definition) is 6. The highest BCUT2D eigenvalue weighted by molar-refractivity contribution is 7.13. The number of piperidine rings is 1. The lowest BCUT2D eigenvalue weighted by Gasteiger charge is -2.34. The van der Waals surface area contributed by atoms with Gasteiger partial charge in [-0.2, -0.15) is 4.98 Å². The first-order valence-corrected chi connectivity index (χ1v) is 12.1. The van der Waals surface area contributed by atoms with Gasteiger partial charge in [-0.15, -0.1) is 11.3 Å². The van der Waals surface area contributed by atoms with Crippen LogP contribution in [0.15, 0.2) is 40.2 Å². The van der Waals surface area contributed by atoms with Crippen molar-refractivity contribution in [2.45, 2.75) is 44.6 Å². The molecular weight excluding hydrogens is 471 g/mol. The molecule has 1 atom stereocenters. The van der Waals surface area contributed by atoms with Crippen LogP contribution in [0.4, 0.5) is 5.69 Å². The van der Waals surface area contributed by atoms with Gasteiger partial charge in [-0.1, -0.05) is 34.4 Å². The van der Waals surface area contributed by atoms with Gasteiger partial charge in [0.25, 0.3) is 0 Å². The number of aryl methyl sites for hydroxylation is 1. The number of hydrogen-bond donors (Lipinski definition) is 1. The van der Waals surface area contributed by atoms with Crippen molar-refractivity contribution in [3.63, 3.8) is 0 Å². The number of benzene rings is 1. The molecule has 1 saturated heterocycles. The van der Waals surface area contributed by atoms with Gasteiger partial charge in [0.05, 0.1) is 14.9 Å². The van der Waals surface area contributed by atoms with Gasteiger partial charge < -0.3 is 14.7 Å². The first-order valence-electron chi connectivity index (χ1n) is 10.4. The van der Waals surface area contributed by atoms with E-state index in [2.05, 4.69) is 15.5 Å². The van der Waals surface area contributed by atoms with Gasteiger partial charge in [-0.25, -0.2) is 0 Å². The van der Waals surface area contributed by atoms with Gasteiger partial charge in [0, 0.05) is 25.1 Å². The lowest BCUT2D eigenvalue weighted by atomic mass is 10.00. The van der Waals surface area contributed by atoms with E-state index in [1.165, 1.54) is 0 Å². The van der Waals surface area contributed by atoms with E-state index in [0.29, 0.717) is 59.7 Å². The molecule has 3 heterocycles. The van der Waals surface area contributed by atoms with Crippen molar-refractivity contribution >= 4 is 52.0 Å². The summed E-state index contributed by atoms with van der Waals surface area (Å²) in [5, 5.41) is 9.59. The predicted molar refractivity (Wildman–Crippen MR) is 125 cm³/mol. The number of halogens is 2. The van der Waals surface area contributed by atoms with E-state index in [0.717, 1.165) is 17.7 Å². The molecule has 0 bridgehead atoms. The Morgan fingerprint density at radius 3 is 2.88 bits per heavy atom. The molecule has 0 saturated carbocycles. The summed E-state index contributed by atoms with van der Waals surface area (Å²) in [6.07, 6.45) is 3.81. The second kappa shape index (κ2) is 10.5. The smallest absolute Gasteiger partial charge is 0.247 e. The largest absolute Gasteiger partial charge is 0.339 e. The summed E-state index contributed by atoms with van der Waals surface area (Å²) >= 11 is 13.5. The molecule has 3 aromatic rings. The zero-order valence-electron chi connectivity index (χ0n) is 17.2. The van der Waals surface area contributed by atoms with Crippen LogP contribution in [0.1, 0.15) is 38.0 Å².